The van der Waals surface area contributed by atoms with Gasteiger partial charge in [0.25, 0.3) is 0 Å². The minimum atomic E-state index is -0.971. The second kappa shape index (κ2) is 6.06. The van der Waals surface area contributed by atoms with Crippen molar-refractivity contribution in [1.82, 2.24) is 0 Å². The molecule has 21 heavy (non-hydrogen) atoms. The van der Waals surface area contributed by atoms with Gasteiger partial charge in [0, 0.05) is 11.6 Å². The first-order chi connectivity index (χ1) is 9.42. The first-order valence-electron chi connectivity index (χ1n) is 7.23. The van der Waals surface area contributed by atoms with Crippen LogP contribution in [-0.2, 0) is 10.2 Å². The molecule has 0 aromatic heterocycles. The number of aliphatic carboxylic acids is 1. The quantitative estimate of drug-likeness (QED) is 0.774. The van der Waals surface area contributed by atoms with E-state index in [1.54, 1.807) is 6.07 Å². The van der Waals surface area contributed by atoms with Crippen LogP contribution in [0.2, 0.25) is 0 Å². The second-order valence-corrected chi connectivity index (χ2v) is 7.60. The molecule has 4 N–H and O–H groups in total. The lowest BCUT2D eigenvalue weighted by atomic mass is 9.72. The average Bonchev–Trinajstić information content (AvgIpc) is 2.24. The van der Waals surface area contributed by atoms with E-state index >= 15 is 0 Å². The summed E-state index contributed by atoms with van der Waals surface area (Å²) in [5.41, 5.74) is 7.55. The van der Waals surface area contributed by atoms with Crippen molar-refractivity contribution in [2.75, 3.05) is 0 Å². The molecule has 0 bridgehead atoms. The fraction of sp³-hybridized carbons (Fsp3) is 0.588. The molecule has 0 saturated heterocycles. The predicted molar refractivity (Wildman–Crippen MR) is 84.4 cm³/mol. The van der Waals surface area contributed by atoms with Gasteiger partial charge >= 0.3 is 5.97 Å². The third kappa shape index (κ3) is 5.05. The Labute approximate surface area is 127 Å². The summed E-state index contributed by atoms with van der Waals surface area (Å²) in [5, 5.41) is 18.8. The van der Waals surface area contributed by atoms with Crippen LogP contribution in [0, 0.1) is 5.41 Å². The SMILES string of the molecule is CC(C)(C)CC(C)(C)c1ccc(O)c(C(N)CC(=O)O)c1. The molecule has 1 rings (SSSR count). The molecule has 0 radical (unpaired) electrons. The lowest BCUT2D eigenvalue weighted by Gasteiger charge is -2.33. The van der Waals surface area contributed by atoms with Crippen LogP contribution in [0.1, 0.15) is 64.6 Å². The van der Waals surface area contributed by atoms with E-state index in [4.69, 9.17) is 10.8 Å². The molecule has 0 aliphatic heterocycles. The molecule has 0 aliphatic rings. The first-order valence-corrected chi connectivity index (χ1v) is 7.23. The summed E-state index contributed by atoms with van der Waals surface area (Å²) in [4.78, 5) is 10.8. The van der Waals surface area contributed by atoms with Gasteiger partial charge in [-0.3, -0.25) is 4.79 Å². The van der Waals surface area contributed by atoms with Crippen molar-refractivity contribution in [3.63, 3.8) is 0 Å². The van der Waals surface area contributed by atoms with E-state index < -0.39 is 12.0 Å². The number of rotatable bonds is 5. The van der Waals surface area contributed by atoms with Crippen molar-refractivity contribution in [3.8, 4) is 5.75 Å². The summed E-state index contributed by atoms with van der Waals surface area (Å²) in [6.07, 6.45) is 0.773. The summed E-state index contributed by atoms with van der Waals surface area (Å²) < 4.78 is 0. The van der Waals surface area contributed by atoms with Gasteiger partial charge in [0.1, 0.15) is 5.75 Å². The molecule has 1 unspecified atom stereocenters. The summed E-state index contributed by atoms with van der Waals surface area (Å²) in [5.74, 6) is -0.916. The van der Waals surface area contributed by atoms with Crippen LogP contribution in [0.5, 0.6) is 5.75 Å². The van der Waals surface area contributed by atoms with Crippen LogP contribution < -0.4 is 5.73 Å². The average molecular weight is 293 g/mol. The van der Waals surface area contributed by atoms with Crippen LogP contribution in [0.3, 0.4) is 0 Å². The lowest BCUT2D eigenvalue weighted by Crippen LogP contribution is -2.25. The normalized spacial score (nSPS) is 14.0. The van der Waals surface area contributed by atoms with Crippen molar-refractivity contribution in [2.45, 2.75) is 58.9 Å². The van der Waals surface area contributed by atoms with Crippen LogP contribution in [0.4, 0.5) is 0 Å². The molecule has 0 heterocycles. The summed E-state index contributed by atoms with van der Waals surface area (Å²) in [6, 6.07) is 4.64. The Hall–Kier alpha value is -1.55. The number of carboxylic acids is 1. The van der Waals surface area contributed by atoms with Crippen LogP contribution in [0.25, 0.3) is 0 Å². The Bertz CT molecular complexity index is 515. The van der Waals surface area contributed by atoms with Gasteiger partial charge in [-0.1, -0.05) is 40.7 Å². The first kappa shape index (κ1) is 17.5. The molecule has 4 nitrogen and oxygen atoms in total. The minimum Gasteiger partial charge on any atom is -0.508 e. The second-order valence-electron chi connectivity index (χ2n) is 7.60. The number of hydrogen-bond acceptors (Lipinski definition) is 3. The molecular formula is C17H27NO3. The largest absolute Gasteiger partial charge is 0.508 e. The number of phenols is 1. The van der Waals surface area contributed by atoms with Crippen LogP contribution in [0.15, 0.2) is 18.2 Å². The van der Waals surface area contributed by atoms with E-state index in [-0.39, 0.29) is 23.0 Å². The number of phenolic OH excluding ortho intramolecular Hbond substituents is 1. The van der Waals surface area contributed by atoms with Gasteiger partial charge in [-0.15, -0.1) is 0 Å². The van der Waals surface area contributed by atoms with Crippen molar-refractivity contribution >= 4 is 5.97 Å². The molecule has 0 spiro atoms. The number of carboxylic acid groups (broad SMARTS) is 1. The molecule has 0 saturated carbocycles. The number of nitrogens with two attached hydrogens (primary N) is 1. The Kier molecular flexibility index (Phi) is 5.05. The predicted octanol–water partition coefficient (Wildman–Crippen LogP) is 3.58. The van der Waals surface area contributed by atoms with Crippen LogP contribution in [-0.4, -0.2) is 16.2 Å². The Morgan fingerprint density at radius 2 is 1.81 bits per heavy atom. The molecule has 1 aromatic carbocycles. The number of aromatic hydroxyl groups is 1. The van der Waals surface area contributed by atoms with Crippen molar-refractivity contribution in [1.29, 1.82) is 0 Å². The number of carbonyl (C=O) groups is 1. The minimum absolute atomic E-state index is 0.0547. The molecular weight excluding hydrogens is 266 g/mol. The molecule has 1 atom stereocenters. The maximum absolute atomic E-state index is 10.8. The standard InChI is InChI=1S/C17H27NO3/c1-16(2,3)10-17(4,5)11-6-7-14(19)12(8-11)13(18)9-15(20)21/h6-8,13,19H,9-10,18H2,1-5H3,(H,20,21). The maximum atomic E-state index is 10.8. The van der Waals surface area contributed by atoms with Gasteiger partial charge in [0.05, 0.1) is 6.42 Å². The smallest absolute Gasteiger partial charge is 0.305 e. The zero-order valence-electron chi connectivity index (χ0n) is 13.6. The van der Waals surface area contributed by atoms with Gasteiger partial charge in [-0.05, 0) is 34.9 Å². The third-order valence-electron chi connectivity index (χ3n) is 3.58. The summed E-state index contributed by atoms with van der Waals surface area (Å²) in [7, 11) is 0. The van der Waals surface area contributed by atoms with Crippen molar-refractivity contribution in [3.05, 3.63) is 29.3 Å². The molecule has 1 aromatic rings. The van der Waals surface area contributed by atoms with Gasteiger partial charge in [0.15, 0.2) is 0 Å². The maximum Gasteiger partial charge on any atom is 0.305 e. The molecule has 118 valence electrons. The van der Waals surface area contributed by atoms with E-state index in [9.17, 15) is 9.90 Å². The fourth-order valence-corrected chi connectivity index (χ4v) is 3.00. The highest BCUT2D eigenvalue weighted by Gasteiger charge is 2.28. The van der Waals surface area contributed by atoms with Gasteiger partial charge in [-0.2, -0.15) is 0 Å². The van der Waals surface area contributed by atoms with E-state index in [1.807, 2.05) is 12.1 Å². The van der Waals surface area contributed by atoms with E-state index in [0.717, 1.165) is 12.0 Å². The van der Waals surface area contributed by atoms with Gasteiger partial charge < -0.3 is 15.9 Å². The van der Waals surface area contributed by atoms with E-state index in [0.29, 0.717) is 5.56 Å². The van der Waals surface area contributed by atoms with Gasteiger partial charge in [-0.25, -0.2) is 0 Å². The molecule has 4 heteroatoms. The molecule has 0 fully saturated rings. The van der Waals surface area contributed by atoms with Crippen molar-refractivity contribution < 1.29 is 15.0 Å². The topological polar surface area (TPSA) is 83.5 Å². The zero-order chi connectivity index (χ0) is 16.4. The Balaban J connectivity index is 3.14. The van der Waals surface area contributed by atoms with Gasteiger partial charge in [0.2, 0.25) is 0 Å². The summed E-state index contributed by atoms with van der Waals surface area (Å²) >= 11 is 0. The Morgan fingerprint density at radius 3 is 2.29 bits per heavy atom. The zero-order valence-corrected chi connectivity index (χ0v) is 13.6. The molecule has 0 aliphatic carbocycles. The highest BCUT2D eigenvalue weighted by Crippen LogP contribution is 2.38. The third-order valence-corrected chi connectivity index (χ3v) is 3.58. The highest BCUT2D eigenvalue weighted by atomic mass is 16.4. The van der Waals surface area contributed by atoms with E-state index in [1.165, 1.54) is 0 Å². The van der Waals surface area contributed by atoms with Crippen molar-refractivity contribution in [2.24, 2.45) is 11.1 Å². The summed E-state index contributed by atoms with van der Waals surface area (Å²) in [6.45, 7) is 10.9. The fourth-order valence-electron chi connectivity index (χ4n) is 3.00. The monoisotopic (exact) mass is 293 g/mol. The molecule has 0 amide bonds. The van der Waals surface area contributed by atoms with Crippen LogP contribution >= 0.6 is 0 Å². The number of hydrogen-bond donors (Lipinski definition) is 3. The Morgan fingerprint density at radius 1 is 1.24 bits per heavy atom. The number of benzene rings is 1. The van der Waals surface area contributed by atoms with E-state index in [2.05, 4.69) is 34.6 Å². The highest BCUT2D eigenvalue weighted by molar-refractivity contribution is 5.68. The lowest BCUT2D eigenvalue weighted by molar-refractivity contribution is -0.137.